The smallest absolute Gasteiger partial charge is 0.257 e. The molecule has 3 rings (SSSR count). The molecule has 1 atom stereocenters. The van der Waals surface area contributed by atoms with Crippen LogP contribution in [-0.4, -0.2) is 40.2 Å². The summed E-state index contributed by atoms with van der Waals surface area (Å²) in [5.74, 6) is 0.462. The zero-order chi connectivity index (χ0) is 13.1. The first kappa shape index (κ1) is 11.7. The minimum atomic E-state index is -0.0347. The molecule has 0 saturated carbocycles. The van der Waals surface area contributed by atoms with Gasteiger partial charge in [-0.3, -0.25) is 4.79 Å². The molecule has 0 aliphatic carbocycles. The first-order valence-corrected chi connectivity index (χ1v) is 6.09. The van der Waals surface area contributed by atoms with Crippen molar-refractivity contribution in [2.75, 3.05) is 13.1 Å². The maximum atomic E-state index is 12.1. The predicted molar refractivity (Wildman–Crippen MR) is 65.7 cm³/mol. The van der Waals surface area contributed by atoms with Crippen LogP contribution in [0.4, 0.5) is 0 Å². The molecule has 6 heteroatoms. The molecule has 2 aromatic heterocycles. The fourth-order valence-corrected chi connectivity index (χ4v) is 2.10. The van der Waals surface area contributed by atoms with Crippen molar-refractivity contribution in [1.29, 1.82) is 0 Å². The van der Waals surface area contributed by atoms with E-state index in [9.17, 15) is 4.79 Å². The van der Waals surface area contributed by atoms with E-state index in [-0.39, 0.29) is 12.0 Å². The van der Waals surface area contributed by atoms with Crippen molar-refractivity contribution in [2.24, 2.45) is 0 Å². The summed E-state index contributed by atoms with van der Waals surface area (Å²) in [5, 5.41) is 7.62. The standard InChI is InChI=1S/C13H13N3O3/c17-13(10-4-7-18-9-10)16-6-3-11(8-16)19-12-2-1-5-14-15-12/h1-2,4-5,7,9,11H,3,6,8H2. The maximum absolute atomic E-state index is 12.1. The summed E-state index contributed by atoms with van der Waals surface area (Å²) >= 11 is 0. The molecule has 1 unspecified atom stereocenters. The number of likely N-dealkylation sites (tertiary alicyclic amines) is 1. The molecule has 2 aromatic rings. The van der Waals surface area contributed by atoms with Crippen LogP contribution < -0.4 is 4.74 Å². The second-order valence-corrected chi connectivity index (χ2v) is 4.35. The van der Waals surface area contributed by atoms with E-state index in [1.807, 2.05) is 0 Å². The molecule has 19 heavy (non-hydrogen) atoms. The van der Waals surface area contributed by atoms with Crippen LogP contribution in [0, 0.1) is 0 Å². The monoisotopic (exact) mass is 259 g/mol. The molecule has 98 valence electrons. The average Bonchev–Trinajstić information content (AvgIpc) is 3.10. The summed E-state index contributed by atoms with van der Waals surface area (Å²) in [4.78, 5) is 13.8. The molecule has 1 fully saturated rings. The largest absolute Gasteiger partial charge is 0.472 e. The third kappa shape index (κ3) is 2.57. The second kappa shape index (κ2) is 5.09. The zero-order valence-corrected chi connectivity index (χ0v) is 10.2. The number of aromatic nitrogens is 2. The Hall–Kier alpha value is -2.37. The van der Waals surface area contributed by atoms with Gasteiger partial charge in [-0.15, -0.1) is 5.10 Å². The molecule has 1 aliphatic heterocycles. The number of nitrogens with zero attached hydrogens (tertiary/aromatic N) is 3. The van der Waals surface area contributed by atoms with Crippen LogP contribution >= 0.6 is 0 Å². The van der Waals surface area contributed by atoms with Crippen molar-refractivity contribution in [2.45, 2.75) is 12.5 Å². The van der Waals surface area contributed by atoms with Gasteiger partial charge in [-0.05, 0) is 12.1 Å². The third-order valence-electron chi connectivity index (χ3n) is 3.04. The van der Waals surface area contributed by atoms with Gasteiger partial charge in [-0.2, -0.15) is 5.10 Å². The number of amides is 1. The number of hydrogen-bond acceptors (Lipinski definition) is 5. The van der Waals surface area contributed by atoms with Gasteiger partial charge in [0.25, 0.3) is 5.91 Å². The Labute approximate surface area is 110 Å². The summed E-state index contributed by atoms with van der Waals surface area (Å²) in [6.45, 7) is 1.23. The molecule has 1 amide bonds. The molecule has 0 radical (unpaired) electrons. The molecule has 1 aliphatic rings. The zero-order valence-electron chi connectivity index (χ0n) is 10.2. The molecule has 0 bridgehead atoms. The third-order valence-corrected chi connectivity index (χ3v) is 3.04. The second-order valence-electron chi connectivity index (χ2n) is 4.35. The van der Waals surface area contributed by atoms with Crippen LogP contribution in [0.25, 0.3) is 0 Å². The number of rotatable bonds is 3. The van der Waals surface area contributed by atoms with E-state index in [0.717, 1.165) is 6.42 Å². The molecule has 3 heterocycles. The normalized spacial score (nSPS) is 18.5. The van der Waals surface area contributed by atoms with Crippen molar-refractivity contribution in [3.05, 3.63) is 42.5 Å². The van der Waals surface area contributed by atoms with Gasteiger partial charge in [0.05, 0.1) is 18.4 Å². The van der Waals surface area contributed by atoms with Gasteiger partial charge in [0.2, 0.25) is 5.88 Å². The van der Waals surface area contributed by atoms with Crippen LogP contribution in [0.1, 0.15) is 16.8 Å². The van der Waals surface area contributed by atoms with Gasteiger partial charge in [0.15, 0.2) is 0 Å². The summed E-state index contributed by atoms with van der Waals surface area (Å²) < 4.78 is 10.6. The minimum absolute atomic E-state index is 0.0287. The van der Waals surface area contributed by atoms with E-state index in [1.165, 1.54) is 12.5 Å². The molecular formula is C13H13N3O3. The highest BCUT2D eigenvalue weighted by atomic mass is 16.5. The van der Waals surface area contributed by atoms with Crippen molar-refractivity contribution in [1.82, 2.24) is 15.1 Å². The Morgan fingerprint density at radius 3 is 3.16 bits per heavy atom. The van der Waals surface area contributed by atoms with Crippen LogP contribution in [0.3, 0.4) is 0 Å². The fourth-order valence-electron chi connectivity index (χ4n) is 2.10. The topological polar surface area (TPSA) is 68.5 Å². The number of furan rings is 1. The molecular weight excluding hydrogens is 246 g/mol. The average molecular weight is 259 g/mol. The summed E-state index contributed by atoms with van der Waals surface area (Å²) in [6, 6.07) is 5.19. The SMILES string of the molecule is O=C(c1ccoc1)N1CCC(Oc2cccnn2)C1. The van der Waals surface area contributed by atoms with Gasteiger partial charge < -0.3 is 14.1 Å². The summed E-state index contributed by atoms with van der Waals surface area (Å²) in [7, 11) is 0. The van der Waals surface area contributed by atoms with E-state index >= 15 is 0 Å². The number of carbonyl (C=O) groups is 1. The van der Waals surface area contributed by atoms with E-state index in [0.29, 0.717) is 24.5 Å². The quantitative estimate of drug-likeness (QED) is 0.832. The number of carbonyl (C=O) groups excluding carboxylic acids is 1. The number of ether oxygens (including phenoxy) is 1. The highest BCUT2D eigenvalue weighted by Crippen LogP contribution is 2.18. The highest BCUT2D eigenvalue weighted by Gasteiger charge is 2.28. The lowest BCUT2D eigenvalue weighted by atomic mass is 10.3. The molecule has 0 spiro atoms. The molecule has 1 saturated heterocycles. The Morgan fingerprint density at radius 2 is 2.42 bits per heavy atom. The predicted octanol–water partition coefficient (Wildman–Crippen LogP) is 1.36. The molecule has 0 aromatic carbocycles. The van der Waals surface area contributed by atoms with Gasteiger partial charge >= 0.3 is 0 Å². The Bertz CT molecular complexity index is 542. The van der Waals surface area contributed by atoms with E-state index < -0.39 is 0 Å². The van der Waals surface area contributed by atoms with Gasteiger partial charge in [0, 0.05) is 25.2 Å². The first-order valence-electron chi connectivity index (χ1n) is 6.09. The van der Waals surface area contributed by atoms with Gasteiger partial charge in [-0.1, -0.05) is 0 Å². The fraction of sp³-hybridized carbons (Fsp3) is 0.308. The minimum Gasteiger partial charge on any atom is -0.472 e. The Morgan fingerprint density at radius 1 is 1.47 bits per heavy atom. The Balaban J connectivity index is 1.60. The van der Waals surface area contributed by atoms with Gasteiger partial charge in [-0.25, -0.2) is 0 Å². The van der Waals surface area contributed by atoms with Crippen LogP contribution in [0.15, 0.2) is 41.3 Å². The lowest BCUT2D eigenvalue weighted by Crippen LogP contribution is -2.30. The van der Waals surface area contributed by atoms with E-state index in [1.54, 1.807) is 29.3 Å². The van der Waals surface area contributed by atoms with Crippen LogP contribution in [-0.2, 0) is 0 Å². The lowest BCUT2D eigenvalue weighted by Gasteiger charge is -2.15. The van der Waals surface area contributed by atoms with Crippen LogP contribution in [0.2, 0.25) is 0 Å². The summed E-state index contributed by atoms with van der Waals surface area (Å²) in [5.41, 5.74) is 0.570. The van der Waals surface area contributed by atoms with Crippen molar-refractivity contribution < 1.29 is 13.9 Å². The van der Waals surface area contributed by atoms with Crippen molar-refractivity contribution in [3.8, 4) is 5.88 Å². The first-order chi connectivity index (χ1) is 9.33. The maximum Gasteiger partial charge on any atom is 0.257 e. The van der Waals surface area contributed by atoms with E-state index in [4.69, 9.17) is 9.15 Å². The molecule has 6 nitrogen and oxygen atoms in total. The number of hydrogen-bond donors (Lipinski definition) is 0. The van der Waals surface area contributed by atoms with Gasteiger partial charge in [0.1, 0.15) is 12.4 Å². The van der Waals surface area contributed by atoms with Crippen molar-refractivity contribution in [3.63, 3.8) is 0 Å². The lowest BCUT2D eigenvalue weighted by molar-refractivity contribution is 0.0770. The van der Waals surface area contributed by atoms with Crippen LogP contribution in [0.5, 0.6) is 5.88 Å². The molecule has 0 N–H and O–H groups in total. The Kier molecular flexibility index (Phi) is 3.14. The highest BCUT2D eigenvalue weighted by molar-refractivity contribution is 5.94. The summed E-state index contributed by atoms with van der Waals surface area (Å²) in [6.07, 6.45) is 5.31. The van der Waals surface area contributed by atoms with Crippen molar-refractivity contribution >= 4 is 5.91 Å². The van der Waals surface area contributed by atoms with E-state index in [2.05, 4.69) is 10.2 Å².